The Balaban J connectivity index is 2.07. The van der Waals surface area contributed by atoms with Crippen LogP contribution in [-0.4, -0.2) is 12.1 Å². The van der Waals surface area contributed by atoms with E-state index in [-0.39, 0.29) is 0 Å². The molecule has 2 unspecified atom stereocenters. The van der Waals surface area contributed by atoms with Gasteiger partial charge in [-0.1, -0.05) is 30.5 Å². The molecule has 1 saturated carbocycles. The van der Waals surface area contributed by atoms with Crippen LogP contribution in [0.15, 0.2) is 18.2 Å². The molecule has 2 heteroatoms. The monoisotopic (exact) mass is 218 g/mol. The first kappa shape index (κ1) is 11.5. The van der Waals surface area contributed by atoms with E-state index in [2.05, 4.69) is 37.4 Å². The molecule has 1 aromatic rings. The minimum Gasteiger partial charge on any atom is -0.381 e. The minimum atomic E-state index is 0.314. The molecule has 0 spiro atoms. The highest BCUT2D eigenvalue weighted by molar-refractivity contribution is 5.52. The second-order valence-corrected chi connectivity index (χ2v) is 5.02. The van der Waals surface area contributed by atoms with Gasteiger partial charge in [0.1, 0.15) is 0 Å². The van der Waals surface area contributed by atoms with Crippen molar-refractivity contribution >= 4 is 5.69 Å². The average molecular weight is 218 g/mol. The fourth-order valence-corrected chi connectivity index (χ4v) is 2.51. The Hall–Kier alpha value is -1.02. The van der Waals surface area contributed by atoms with Crippen LogP contribution in [-0.2, 0) is 0 Å². The maximum absolute atomic E-state index is 6.14. The second-order valence-electron chi connectivity index (χ2n) is 5.02. The molecule has 88 valence electrons. The fraction of sp³-hybridized carbons (Fsp3) is 0.571. The van der Waals surface area contributed by atoms with Crippen LogP contribution in [0.25, 0.3) is 0 Å². The number of hydrogen-bond donors (Lipinski definition) is 2. The molecule has 0 radical (unpaired) electrons. The zero-order valence-corrected chi connectivity index (χ0v) is 10.3. The second kappa shape index (κ2) is 4.88. The number of aryl methyl sites for hydroxylation is 2. The summed E-state index contributed by atoms with van der Waals surface area (Å²) in [6.45, 7) is 4.28. The van der Waals surface area contributed by atoms with Gasteiger partial charge in [-0.05, 0) is 38.3 Å². The SMILES string of the molecule is Cc1ccc(NC2CCCCC2N)c(C)c1. The smallest absolute Gasteiger partial charge is 0.0412 e. The van der Waals surface area contributed by atoms with E-state index in [1.54, 1.807) is 0 Å². The topological polar surface area (TPSA) is 38.0 Å². The molecular formula is C14H22N2. The molecule has 16 heavy (non-hydrogen) atoms. The van der Waals surface area contributed by atoms with Crippen molar-refractivity contribution in [2.24, 2.45) is 5.73 Å². The van der Waals surface area contributed by atoms with Crippen LogP contribution >= 0.6 is 0 Å². The van der Waals surface area contributed by atoms with Crippen LogP contribution in [0, 0.1) is 13.8 Å². The zero-order valence-electron chi connectivity index (χ0n) is 10.3. The molecule has 1 aliphatic carbocycles. The Bertz CT molecular complexity index is 360. The molecule has 0 bridgehead atoms. The van der Waals surface area contributed by atoms with Crippen molar-refractivity contribution in [3.05, 3.63) is 29.3 Å². The summed E-state index contributed by atoms with van der Waals surface area (Å²) < 4.78 is 0. The highest BCUT2D eigenvalue weighted by atomic mass is 15.0. The van der Waals surface area contributed by atoms with Gasteiger partial charge in [-0.15, -0.1) is 0 Å². The predicted octanol–water partition coefficient (Wildman–Crippen LogP) is 2.99. The molecule has 0 aromatic heterocycles. The molecule has 1 fully saturated rings. The van der Waals surface area contributed by atoms with Crippen molar-refractivity contribution in [1.82, 2.24) is 0 Å². The molecule has 2 rings (SSSR count). The number of rotatable bonds is 2. The van der Waals surface area contributed by atoms with Crippen LogP contribution in [0.4, 0.5) is 5.69 Å². The molecular weight excluding hydrogens is 196 g/mol. The minimum absolute atomic E-state index is 0.314. The summed E-state index contributed by atoms with van der Waals surface area (Å²) >= 11 is 0. The normalized spacial score (nSPS) is 25.4. The van der Waals surface area contributed by atoms with Crippen LogP contribution in [0.2, 0.25) is 0 Å². The van der Waals surface area contributed by atoms with Gasteiger partial charge in [0.15, 0.2) is 0 Å². The van der Waals surface area contributed by atoms with E-state index >= 15 is 0 Å². The molecule has 2 nitrogen and oxygen atoms in total. The predicted molar refractivity (Wildman–Crippen MR) is 69.8 cm³/mol. The van der Waals surface area contributed by atoms with E-state index in [0.717, 1.165) is 6.42 Å². The molecule has 2 atom stereocenters. The van der Waals surface area contributed by atoms with Crippen molar-refractivity contribution in [2.45, 2.75) is 51.6 Å². The average Bonchev–Trinajstić information content (AvgIpc) is 2.25. The standard InChI is InChI=1S/C14H22N2/c1-10-7-8-13(11(2)9-10)16-14-6-4-3-5-12(14)15/h7-9,12,14,16H,3-6,15H2,1-2H3. The third kappa shape index (κ3) is 2.56. The number of nitrogens with two attached hydrogens (primary N) is 1. The zero-order chi connectivity index (χ0) is 11.5. The summed E-state index contributed by atoms with van der Waals surface area (Å²) in [5.74, 6) is 0. The molecule has 1 aromatic carbocycles. The van der Waals surface area contributed by atoms with Crippen LogP contribution in [0.3, 0.4) is 0 Å². The first-order valence-electron chi connectivity index (χ1n) is 6.26. The first-order valence-corrected chi connectivity index (χ1v) is 6.26. The van der Waals surface area contributed by atoms with Gasteiger partial charge >= 0.3 is 0 Å². The third-order valence-corrected chi connectivity index (χ3v) is 3.54. The molecule has 0 heterocycles. The van der Waals surface area contributed by atoms with Gasteiger partial charge in [-0.3, -0.25) is 0 Å². The van der Waals surface area contributed by atoms with Crippen molar-refractivity contribution < 1.29 is 0 Å². The van der Waals surface area contributed by atoms with Crippen molar-refractivity contribution in [3.63, 3.8) is 0 Å². The van der Waals surface area contributed by atoms with Gasteiger partial charge in [0, 0.05) is 17.8 Å². The van der Waals surface area contributed by atoms with Crippen molar-refractivity contribution in [3.8, 4) is 0 Å². The van der Waals surface area contributed by atoms with E-state index in [1.165, 1.54) is 36.1 Å². The Kier molecular flexibility index (Phi) is 3.49. The third-order valence-electron chi connectivity index (χ3n) is 3.54. The van der Waals surface area contributed by atoms with Gasteiger partial charge in [0.25, 0.3) is 0 Å². The van der Waals surface area contributed by atoms with Gasteiger partial charge in [0.05, 0.1) is 0 Å². The highest BCUT2D eigenvalue weighted by Gasteiger charge is 2.21. The van der Waals surface area contributed by atoms with E-state index in [1.807, 2.05) is 0 Å². The quantitative estimate of drug-likeness (QED) is 0.801. The van der Waals surface area contributed by atoms with Gasteiger partial charge in [-0.25, -0.2) is 0 Å². The molecule has 0 aliphatic heterocycles. The number of benzene rings is 1. The summed E-state index contributed by atoms with van der Waals surface area (Å²) in [6, 6.07) is 7.32. The first-order chi connectivity index (χ1) is 7.66. The van der Waals surface area contributed by atoms with Crippen LogP contribution < -0.4 is 11.1 Å². The van der Waals surface area contributed by atoms with E-state index < -0.39 is 0 Å². The molecule has 0 amide bonds. The maximum atomic E-state index is 6.14. The molecule has 1 aliphatic rings. The lowest BCUT2D eigenvalue weighted by Gasteiger charge is -2.30. The van der Waals surface area contributed by atoms with E-state index in [9.17, 15) is 0 Å². The number of nitrogens with one attached hydrogen (secondary N) is 1. The number of hydrogen-bond acceptors (Lipinski definition) is 2. The summed E-state index contributed by atoms with van der Waals surface area (Å²) in [5, 5.41) is 3.60. The molecule has 3 N–H and O–H groups in total. The Labute approximate surface area is 98.2 Å². The Morgan fingerprint density at radius 1 is 1.19 bits per heavy atom. The van der Waals surface area contributed by atoms with E-state index in [0.29, 0.717) is 12.1 Å². The van der Waals surface area contributed by atoms with Crippen LogP contribution in [0.5, 0.6) is 0 Å². The fourth-order valence-electron chi connectivity index (χ4n) is 2.51. The van der Waals surface area contributed by atoms with E-state index in [4.69, 9.17) is 5.73 Å². The number of anilines is 1. The van der Waals surface area contributed by atoms with Gasteiger partial charge in [0.2, 0.25) is 0 Å². The van der Waals surface area contributed by atoms with Gasteiger partial charge < -0.3 is 11.1 Å². The van der Waals surface area contributed by atoms with Crippen molar-refractivity contribution in [2.75, 3.05) is 5.32 Å². The lowest BCUT2D eigenvalue weighted by molar-refractivity contribution is 0.404. The Morgan fingerprint density at radius 3 is 2.62 bits per heavy atom. The summed E-state index contributed by atoms with van der Waals surface area (Å²) in [6.07, 6.45) is 4.94. The van der Waals surface area contributed by atoms with Crippen LogP contribution in [0.1, 0.15) is 36.8 Å². The summed E-state index contributed by atoms with van der Waals surface area (Å²) in [7, 11) is 0. The lowest BCUT2D eigenvalue weighted by atomic mass is 9.90. The van der Waals surface area contributed by atoms with Crippen molar-refractivity contribution in [1.29, 1.82) is 0 Å². The van der Waals surface area contributed by atoms with Gasteiger partial charge in [-0.2, -0.15) is 0 Å². The summed E-state index contributed by atoms with van der Waals surface area (Å²) in [5.41, 5.74) is 10.0. The highest BCUT2D eigenvalue weighted by Crippen LogP contribution is 2.23. The largest absolute Gasteiger partial charge is 0.381 e. The molecule has 0 saturated heterocycles. The Morgan fingerprint density at radius 2 is 1.94 bits per heavy atom. The lowest BCUT2D eigenvalue weighted by Crippen LogP contribution is -2.42. The maximum Gasteiger partial charge on any atom is 0.0412 e. The summed E-state index contributed by atoms with van der Waals surface area (Å²) in [4.78, 5) is 0.